The van der Waals surface area contributed by atoms with Crippen LogP contribution in [0, 0.1) is 0 Å². The average molecular weight is 223 g/mol. The van der Waals surface area contributed by atoms with Gasteiger partial charge in [-0.15, -0.1) is 0 Å². The van der Waals surface area contributed by atoms with Crippen molar-refractivity contribution in [1.82, 2.24) is 10.2 Å². The second-order valence-corrected chi connectivity index (χ2v) is 6.95. The van der Waals surface area contributed by atoms with Crippen LogP contribution < -0.4 is 5.32 Å². The van der Waals surface area contributed by atoms with Crippen molar-refractivity contribution in [2.24, 2.45) is 0 Å². The fourth-order valence-electron chi connectivity index (χ4n) is 1.54. The normalized spacial score (nSPS) is 39.8. The molecule has 7 heteroatoms. The highest BCUT2D eigenvalue weighted by Gasteiger charge is 2.40. The molecule has 2 heterocycles. The SMILES string of the molecule is O=S1(=O)CCN(C2[N]CC[S+]2[O-])C1. The Bertz CT molecular complexity index is 292. The molecule has 0 aliphatic carbocycles. The lowest BCUT2D eigenvalue weighted by Crippen LogP contribution is -2.41. The maximum Gasteiger partial charge on any atom is 0.241 e. The summed E-state index contributed by atoms with van der Waals surface area (Å²) < 4.78 is 33.6. The van der Waals surface area contributed by atoms with Crippen molar-refractivity contribution in [2.75, 3.05) is 30.5 Å². The van der Waals surface area contributed by atoms with E-state index < -0.39 is 21.0 Å². The van der Waals surface area contributed by atoms with Gasteiger partial charge in [0.15, 0.2) is 9.84 Å². The highest BCUT2D eigenvalue weighted by molar-refractivity contribution is 7.92. The van der Waals surface area contributed by atoms with Gasteiger partial charge in [-0.25, -0.2) is 13.3 Å². The maximum atomic E-state index is 11.4. The third-order valence-electron chi connectivity index (χ3n) is 2.18. The summed E-state index contributed by atoms with van der Waals surface area (Å²) in [6.07, 6.45) is 0. The molecular formula is C6H11N2O3S2. The third-order valence-corrected chi connectivity index (χ3v) is 5.21. The van der Waals surface area contributed by atoms with Crippen molar-refractivity contribution in [1.29, 1.82) is 0 Å². The van der Waals surface area contributed by atoms with Gasteiger partial charge in [0.1, 0.15) is 11.6 Å². The molecule has 2 atom stereocenters. The van der Waals surface area contributed by atoms with Crippen LogP contribution in [-0.2, 0) is 21.0 Å². The molecule has 2 fully saturated rings. The molecule has 2 rings (SSSR count). The van der Waals surface area contributed by atoms with E-state index in [0.717, 1.165) is 0 Å². The Hall–Kier alpha value is 0.180. The van der Waals surface area contributed by atoms with E-state index in [2.05, 4.69) is 5.32 Å². The second kappa shape index (κ2) is 3.39. The van der Waals surface area contributed by atoms with Crippen molar-refractivity contribution >= 4 is 21.0 Å². The Morgan fingerprint density at radius 1 is 1.54 bits per heavy atom. The Labute approximate surface area is 80.6 Å². The highest BCUT2D eigenvalue weighted by Crippen LogP contribution is 2.18. The van der Waals surface area contributed by atoms with E-state index in [0.29, 0.717) is 18.8 Å². The van der Waals surface area contributed by atoms with Gasteiger partial charge in [-0.05, 0) is 11.2 Å². The lowest BCUT2D eigenvalue weighted by Gasteiger charge is -2.20. The number of nitrogens with zero attached hydrogens (tertiary/aromatic N) is 2. The Kier molecular flexibility index (Phi) is 2.54. The molecule has 0 aromatic rings. The molecule has 75 valence electrons. The van der Waals surface area contributed by atoms with E-state index in [1.807, 2.05) is 0 Å². The topological polar surface area (TPSA) is 74.5 Å². The van der Waals surface area contributed by atoms with Crippen LogP contribution in [0.2, 0.25) is 0 Å². The third kappa shape index (κ3) is 1.99. The standard InChI is InChI=1S/C6H11N2O3S2/c9-12-3-1-7-6(12)8-2-4-13(10,11)5-8/h6H,1-5H2. The number of rotatable bonds is 1. The number of hydrogen-bond acceptors (Lipinski definition) is 4. The summed E-state index contributed by atoms with van der Waals surface area (Å²) in [6.45, 7) is 1.07. The van der Waals surface area contributed by atoms with Gasteiger partial charge in [0.05, 0.1) is 12.3 Å². The molecular weight excluding hydrogens is 212 g/mol. The molecule has 0 aromatic carbocycles. The van der Waals surface area contributed by atoms with Crippen molar-refractivity contribution in [3.8, 4) is 0 Å². The van der Waals surface area contributed by atoms with Gasteiger partial charge in [-0.3, -0.25) is 0 Å². The van der Waals surface area contributed by atoms with E-state index in [-0.39, 0.29) is 17.1 Å². The van der Waals surface area contributed by atoms with Gasteiger partial charge in [0.25, 0.3) is 0 Å². The molecule has 0 bridgehead atoms. The fourth-order valence-corrected chi connectivity index (χ4v) is 4.33. The van der Waals surface area contributed by atoms with E-state index >= 15 is 0 Å². The van der Waals surface area contributed by atoms with Crippen LogP contribution in [0.4, 0.5) is 0 Å². The predicted molar refractivity (Wildman–Crippen MR) is 49.2 cm³/mol. The summed E-state index contributed by atoms with van der Waals surface area (Å²) in [6, 6.07) is 0. The minimum absolute atomic E-state index is 0.0207. The Morgan fingerprint density at radius 2 is 2.31 bits per heavy atom. The summed E-state index contributed by atoms with van der Waals surface area (Å²) in [7, 11) is -2.92. The summed E-state index contributed by atoms with van der Waals surface area (Å²) in [5.41, 5.74) is -0.364. The molecule has 0 spiro atoms. The molecule has 0 amide bonds. The van der Waals surface area contributed by atoms with Crippen molar-refractivity contribution < 1.29 is 13.0 Å². The van der Waals surface area contributed by atoms with Crippen LogP contribution >= 0.6 is 0 Å². The lowest BCUT2D eigenvalue weighted by atomic mass is 10.6. The summed E-state index contributed by atoms with van der Waals surface area (Å²) in [5.74, 6) is 0.768. The monoisotopic (exact) mass is 223 g/mol. The number of hydrogen-bond donors (Lipinski definition) is 0. The molecule has 0 saturated carbocycles. The molecule has 2 aliphatic heterocycles. The van der Waals surface area contributed by atoms with Crippen molar-refractivity contribution in [2.45, 2.75) is 5.50 Å². The first-order valence-corrected chi connectivity index (χ1v) is 7.27. The first-order valence-electron chi connectivity index (χ1n) is 4.07. The summed E-state index contributed by atoms with van der Waals surface area (Å²) >= 11 is -0.989. The highest BCUT2D eigenvalue weighted by atomic mass is 32.2. The average Bonchev–Trinajstić information content (AvgIpc) is 2.56. The quantitative estimate of drug-likeness (QED) is 0.498. The molecule has 5 nitrogen and oxygen atoms in total. The van der Waals surface area contributed by atoms with E-state index in [4.69, 9.17) is 0 Å². The largest absolute Gasteiger partial charge is 0.614 e. The molecule has 0 aromatic heterocycles. The smallest absolute Gasteiger partial charge is 0.241 e. The van der Waals surface area contributed by atoms with E-state index in [1.54, 1.807) is 4.90 Å². The summed E-state index contributed by atoms with van der Waals surface area (Å²) in [4.78, 5) is 1.69. The zero-order valence-corrected chi connectivity index (χ0v) is 8.68. The van der Waals surface area contributed by atoms with Gasteiger partial charge in [-0.2, -0.15) is 5.32 Å². The van der Waals surface area contributed by atoms with Gasteiger partial charge < -0.3 is 4.55 Å². The predicted octanol–water partition coefficient (Wildman–Crippen LogP) is -1.68. The fraction of sp³-hybridized carbons (Fsp3) is 1.00. The molecule has 1 radical (unpaired) electrons. The van der Waals surface area contributed by atoms with Crippen LogP contribution in [-0.4, -0.2) is 53.8 Å². The second-order valence-electron chi connectivity index (χ2n) is 3.21. The first kappa shape index (κ1) is 9.72. The molecule has 2 unspecified atom stereocenters. The van der Waals surface area contributed by atoms with E-state index in [9.17, 15) is 13.0 Å². The van der Waals surface area contributed by atoms with Gasteiger partial charge >= 0.3 is 0 Å². The molecule has 2 saturated heterocycles. The number of sulfone groups is 1. The maximum absolute atomic E-state index is 11.4. The Morgan fingerprint density at radius 3 is 2.77 bits per heavy atom. The zero-order chi connectivity index (χ0) is 9.47. The van der Waals surface area contributed by atoms with Crippen LogP contribution in [0.1, 0.15) is 0 Å². The van der Waals surface area contributed by atoms with Crippen LogP contribution in [0.3, 0.4) is 0 Å². The summed E-state index contributed by atoms with van der Waals surface area (Å²) in [5, 5.41) is 4.13. The van der Waals surface area contributed by atoms with Crippen LogP contribution in [0.5, 0.6) is 0 Å². The first-order chi connectivity index (χ1) is 6.08. The molecule has 13 heavy (non-hydrogen) atoms. The lowest BCUT2D eigenvalue weighted by molar-refractivity contribution is 0.290. The van der Waals surface area contributed by atoms with Gasteiger partial charge in [-0.1, -0.05) is 0 Å². The van der Waals surface area contributed by atoms with Crippen molar-refractivity contribution in [3.05, 3.63) is 0 Å². The molecule has 0 N–H and O–H groups in total. The van der Waals surface area contributed by atoms with Gasteiger partial charge in [0.2, 0.25) is 5.50 Å². The van der Waals surface area contributed by atoms with Gasteiger partial charge in [0, 0.05) is 6.54 Å². The van der Waals surface area contributed by atoms with Crippen molar-refractivity contribution in [3.63, 3.8) is 0 Å². The minimum atomic E-state index is -2.92. The zero-order valence-electron chi connectivity index (χ0n) is 7.05. The van der Waals surface area contributed by atoms with E-state index in [1.165, 1.54) is 0 Å². The van der Waals surface area contributed by atoms with Crippen LogP contribution in [0.25, 0.3) is 0 Å². The Balaban J connectivity index is 2.03. The molecule has 2 aliphatic rings. The minimum Gasteiger partial charge on any atom is -0.614 e. The van der Waals surface area contributed by atoms with Crippen LogP contribution in [0.15, 0.2) is 0 Å².